The Morgan fingerprint density at radius 3 is 2.82 bits per heavy atom. The van der Waals surface area contributed by atoms with Crippen molar-refractivity contribution in [3.05, 3.63) is 53.7 Å². The fourth-order valence-corrected chi connectivity index (χ4v) is 2.37. The SMILES string of the molecule is CCOC(=O)c1nnn(Cc2cccc3ccccc23)c1N. The van der Waals surface area contributed by atoms with Gasteiger partial charge in [-0.2, -0.15) is 0 Å². The van der Waals surface area contributed by atoms with Crippen LogP contribution < -0.4 is 5.73 Å². The highest BCUT2D eigenvalue weighted by atomic mass is 16.5. The van der Waals surface area contributed by atoms with Gasteiger partial charge in [-0.1, -0.05) is 47.7 Å². The summed E-state index contributed by atoms with van der Waals surface area (Å²) in [5.74, 6) is -0.337. The minimum Gasteiger partial charge on any atom is -0.461 e. The lowest BCUT2D eigenvalue weighted by Gasteiger charge is -2.07. The first-order valence-corrected chi connectivity index (χ1v) is 7.03. The van der Waals surface area contributed by atoms with Crippen molar-refractivity contribution in [1.29, 1.82) is 0 Å². The summed E-state index contributed by atoms with van der Waals surface area (Å²) in [6, 6.07) is 14.1. The number of aromatic nitrogens is 3. The van der Waals surface area contributed by atoms with Crippen molar-refractivity contribution in [2.75, 3.05) is 12.3 Å². The lowest BCUT2D eigenvalue weighted by Crippen LogP contribution is -2.11. The zero-order valence-corrected chi connectivity index (χ0v) is 12.2. The lowest BCUT2D eigenvalue weighted by molar-refractivity contribution is 0.0520. The van der Waals surface area contributed by atoms with Crippen LogP contribution in [0.2, 0.25) is 0 Å². The van der Waals surface area contributed by atoms with E-state index in [1.54, 1.807) is 6.92 Å². The number of nitrogen functional groups attached to an aromatic ring is 1. The molecule has 0 aliphatic heterocycles. The number of nitrogens with two attached hydrogens (primary N) is 1. The molecule has 0 amide bonds. The molecule has 1 heterocycles. The topological polar surface area (TPSA) is 83.0 Å². The van der Waals surface area contributed by atoms with Gasteiger partial charge in [-0.15, -0.1) is 5.10 Å². The average Bonchev–Trinajstić information content (AvgIpc) is 2.89. The fraction of sp³-hybridized carbons (Fsp3) is 0.188. The van der Waals surface area contributed by atoms with Crippen molar-refractivity contribution >= 4 is 22.6 Å². The van der Waals surface area contributed by atoms with Crippen LogP contribution in [0.5, 0.6) is 0 Å². The molecule has 6 nitrogen and oxygen atoms in total. The van der Waals surface area contributed by atoms with E-state index >= 15 is 0 Å². The van der Waals surface area contributed by atoms with Crippen molar-refractivity contribution in [3.63, 3.8) is 0 Å². The zero-order valence-electron chi connectivity index (χ0n) is 12.2. The predicted octanol–water partition coefficient (Wildman–Crippen LogP) is 2.24. The Balaban J connectivity index is 1.94. The van der Waals surface area contributed by atoms with Gasteiger partial charge < -0.3 is 10.5 Å². The van der Waals surface area contributed by atoms with Gasteiger partial charge >= 0.3 is 5.97 Å². The molecule has 0 aliphatic rings. The normalized spacial score (nSPS) is 10.8. The van der Waals surface area contributed by atoms with E-state index < -0.39 is 5.97 Å². The second-order valence-electron chi connectivity index (χ2n) is 4.84. The Hall–Kier alpha value is -2.89. The van der Waals surface area contributed by atoms with Gasteiger partial charge in [0.2, 0.25) is 5.69 Å². The molecular weight excluding hydrogens is 280 g/mol. The Morgan fingerprint density at radius 1 is 1.23 bits per heavy atom. The lowest BCUT2D eigenvalue weighted by atomic mass is 10.0. The molecule has 0 radical (unpaired) electrons. The first-order chi connectivity index (χ1) is 10.7. The molecule has 0 spiro atoms. The fourth-order valence-electron chi connectivity index (χ4n) is 2.37. The maximum absolute atomic E-state index is 11.7. The highest BCUT2D eigenvalue weighted by molar-refractivity contribution is 5.92. The predicted molar refractivity (Wildman–Crippen MR) is 83.4 cm³/mol. The van der Waals surface area contributed by atoms with Crippen LogP contribution >= 0.6 is 0 Å². The van der Waals surface area contributed by atoms with Crippen LogP contribution in [0.25, 0.3) is 10.8 Å². The number of anilines is 1. The standard InChI is InChI=1S/C16H16N4O2/c1-2-22-16(21)14-15(17)20(19-18-14)10-12-8-5-7-11-6-3-4-9-13(11)12/h3-9H,2,10,17H2,1H3. The largest absolute Gasteiger partial charge is 0.461 e. The number of benzene rings is 2. The molecule has 0 atom stereocenters. The van der Waals surface area contributed by atoms with Crippen molar-refractivity contribution in [3.8, 4) is 0 Å². The van der Waals surface area contributed by atoms with Gasteiger partial charge in [0.25, 0.3) is 0 Å². The molecule has 0 saturated carbocycles. The van der Waals surface area contributed by atoms with Crippen LogP contribution in [0.3, 0.4) is 0 Å². The number of rotatable bonds is 4. The molecule has 22 heavy (non-hydrogen) atoms. The molecule has 112 valence electrons. The summed E-state index contributed by atoms with van der Waals surface area (Å²) in [5, 5.41) is 10.1. The first-order valence-electron chi connectivity index (χ1n) is 7.03. The zero-order chi connectivity index (χ0) is 15.5. The number of carbonyl (C=O) groups excluding carboxylic acids is 1. The third-order valence-electron chi connectivity index (χ3n) is 3.44. The number of fused-ring (bicyclic) bond motifs is 1. The van der Waals surface area contributed by atoms with Gasteiger partial charge in [0.15, 0.2) is 5.82 Å². The van der Waals surface area contributed by atoms with E-state index in [2.05, 4.69) is 10.3 Å². The molecule has 0 saturated heterocycles. The third kappa shape index (κ3) is 2.50. The van der Waals surface area contributed by atoms with E-state index in [0.717, 1.165) is 16.3 Å². The molecule has 0 unspecified atom stereocenters. The van der Waals surface area contributed by atoms with E-state index in [-0.39, 0.29) is 18.1 Å². The highest BCUT2D eigenvalue weighted by Gasteiger charge is 2.18. The molecule has 1 aromatic heterocycles. The van der Waals surface area contributed by atoms with Gasteiger partial charge in [0, 0.05) is 0 Å². The van der Waals surface area contributed by atoms with E-state index in [4.69, 9.17) is 10.5 Å². The van der Waals surface area contributed by atoms with E-state index in [0.29, 0.717) is 6.54 Å². The van der Waals surface area contributed by atoms with Crippen LogP contribution in [-0.4, -0.2) is 27.6 Å². The second-order valence-corrected chi connectivity index (χ2v) is 4.84. The van der Waals surface area contributed by atoms with Gasteiger partial charge in [0.1, 0.15) is 0 Å². The average molecular weight is 296 g/mol. The van der Waals surface area contributed by atoms with Gasteiger partial charge in [-0.25, -0.2) is 9.48 Å². The van der Waals surface area contributed by atoms with E-state index in [1.807, 2.05) is 42.5 Å². The number of nitrogens with zero attached hydrogens (tertiary/aromatic N) is 3. The van der Waals surface area contributed by atoms with E-state index in [1.165, 1.54) is 4.68 Å². The summed E-state index contributed by atoms with van der Waals surface area (Å²) in [7, 11) is 0. The molecule has 3 rings (SSSR count). The van der Waals surface area contributed by atoms with Gasteiger partial charge in [0.05, 0.1) is 13.2 Å². The quantitative estimate of drug-likeness (QED) is 0.746. The Labute approximate surface area is 127 Å². The summed E-state index contributed by atoms with van der Waals surface area (Å²) >= 11 is 0. The van der Waals surface area contributed by atoms with Crippen LogP contribution in [0.1, 0.15) is 23.0 Å². The molecule has 0 bridgehead atoms. The van der Waals surface area contributed by atoms with Crippen molar-refractivity contribution in [2.24, 2.45) is 0 Å². The molecule has 0 fully saturated rings. The Morgan fingerprint density at radius 2 is 2.00 bits per heavy atom. The van der Waals surface area contributed by atoms with Gasteiger partial charge in [-0.05, 0) is 23.3 Å². The Bertz CT molecular complexity index is 821. The summed E-state index contributed by atoms with van der Waals surface area (Å²) in [6.07, 6.45) is 0. The number of ether oxygens (including phenoxy) is 1. The molecule has 0 aliphatic carbocycles. The molecule has 6 heteroatoms. The number of hydrogen-bond donors (Lipinski definition) is 1. The first kappa shape index (κ1) is 14.1. The molecular formula is C16H16N4O2. The number of hydrogen-bond acceptors (Lipinski definition) is 5. The van der Waals surface area contributed by atoms with Crippen molar-refractivity contribution in [2.45, 2.75) is 13.5 Å². The molecule has 2 aromatic carbocycles. The minimum absolute atomic E-state index is 0.0575. The summed E-state index contributed by atoms with van der Waals surface area (Å²) in [4.78, 5) is 11.7. The monoisotopic (exact) mass is 296 g/mol. The van der Waals surface area contributed by atoms with E-state index in [9.17, 15) is 4.79 Å². The maximum Gasteiger partial charge on any atom is 0.362 e. The molecule has 2 N–H and O–H groups in total. The smallest absolute Gasteiger partial charge is 0.362 e. The molecule has 3 aromatic rings. The van der Waals surface area contributed by atoms with Crippen molar-refractivity contribution in [1.82, 2.24) is 15.0 Å². The van der Waals surface area contributed by atoms with Crippen LogP contribution in [0.15, 0.2) is 42.5 Å². The van der Waals surface area contributed by atoms with Crippen LogP contribution in [0, 0.1) is 0 Å². The number of esters is 1. The minimum atomic E-state index is -0.552. The van der Waals surface area contributed by atoms with Crippen molar-refractivity contribution < 1.29 is 9.53 Å². The third-order valence-corrected chi connectivity index (χ3v) is 3.44. The summed E-state index contributed by atoms with van der Waals surface area (Å²) in [6.45, 7) is 2.45. The second kappa shape index (κ2) is 5.85. The summed E-state index contributed by atoms with van der Waals surface area (Å²) < 4.78 is 6.42. The van der Waals surface area contributed by atoms with Crippen LogP contribution in [-0.2, 0) is 11.3 Å². The van der Waals surface area contributed by atoms with Crippen LogP contribution in [0.4, 0.5) is 5.82 Å². The highest BCUT2D eigenvalue weighted by Crippen LogP contribution is 2.20. The van der Waals surface area contributed by atoms with Gasteiger partial charge in [-0.3, -0.25) is 0 Å². The number of carbonyl (C=O) groups is 1. The summed E-state index contributed by atoms with van der Waals surface area (Å²) in [5.41, 5.74) is 7.08. The Kier molecular flexibility index (Phi) is 3.74. The maximum atomic E-state index is 11.7.